The second-order valence-corrected chi connectivity index (χ2v) is 7.85. The number of anilines is 1. The summed E-state index contributed by atoms with van der Waals surface area (Å²) in [6, 6.07) is 11.2. The van der Waals surface area contributed by atoms with Gasteiger partial charge in [-0.2, -0.15) is 0 Å². The molecule has 0 aliphatic carbocycles. The van der Waals surface area contributed by atoms with E-state index in [0.717, 1.165) is 21.3 Å². The fourth-order valence-corrected chi connectivity index (χ4v) is 4.18. The van der Waals surface area contributed by atoms with Gasteiger partial charge in [0.05, 0.1) is 15.9 Å². The molecule has 0 aliphatic rings. The van der Waals surface area contributed by atoms with Gasteiger partial charge in [-0.1, -0.05) is 34.2 Å². The van der Waals surface area contributed by atoms with Crippen LogP contribution in [0, 0.1) is 20.8 Å². The van der Waals surface area contributed by atoms with E-state index in [1.807, 2.05) is 13.8 Å². The Bertz CT molecular complexity index is 1160. The zero-order chi connectivity index (χ0) is 19.1. The van der Waals surface area contributed by atoms with Gasteiger partial charge in [-0.05, 0) is 62.2 Å². The number of thiazole rings is 1. The number of benzene rings is 2. The molecule has 27 heavy (non-hydrogen) atoms. The van der Waals surface area contributed by atoms with E-state index in [2.05, 4.69) is 27.6 Å². The van der Waals surface area contributed by atoms with Crippen molar-refractivity contribution in [3.63, 3.8) is 0 Å². The van der Waals surface area contributed by atoms with Crippen molar-refractivity contribution in [1.82, 2.24) is 10.1 Å². The molecule has 2 aromatic heterocycles. The molecular weight excluding hydrogens is 382 g/mol. The molecule has 5 nitrogen and oxygen atoms in total. The number of nitrogens with zero attached hydrogens (tertiary/aromatic N) is 2. The van der Waals surface area contributed by atoms with Crippen molar-refractivity contribution in [2.45, 2.75) is 20.8 Å². The van der Waals surface area contributed by atoms with Crippen molar-refractivity contribution < 1.29 is 9.32 Å². The van der Waals surface area contributed by atoms with Crippen LogP contribution >= 0.6 is 22.9 Å². The van der Waals surface area contributed by atoms with Crippen LogP contribution in [0.25, 0.3) is 21.5 Å². The minimum atomic E-state index is -0.299. The lowest BCUT2D eigenvalue weighted by molar-refractivity contribution is 0.102. The van der Waals surface area contributed by atoms with Gasteiger partial charge < -0.3 is 4.52 Å². The molecule has 136 valence electrons. The van der Waals surface area contributed by atoms with E-state index in [-0.39, 0.29) is 5.91 Å². The Morgan fingerprint density at radius 1 is 1.15 bits per heavy atom. The average molecular weight is 398 g/mol. The molecule has 0 fully saturated rings. The molecule has 2 heterocycles. The predicted octanol–water partition coefficient (Wildman–Crippen LogP) is 5.78. The summed E-state index contributed by atoms with van der Waals surface area (Å²) in [6.45, 7) is 5.80. The summed E-state index contributed by atoms with van der Waals surface area (Å²) >= 11 is 7.39. The maximum Gasteiger partial charge on any atom is 0.263 e. The van der Waals surface area contributed by atoms with Crippen LogP contribution < -0.4 is 5.32 Å². The summed E-state index contributed by atoms with van der Waals surface area (Å²) in [7, 11) is 0. The van der Waals surface area contributed by atoms with Crippen LogP contribution in [0.2, 0.25) is 5.02 Å². The Balaban J connectivity index is 1.69. The second kappa shape index (κ2) is 6.79. The van der Waals surface area contributed by atoms with Crippen molar-refractivity contribution in [3.05, 3.63) is 63.8 Å². The first kappa shape index (κ1) is 17.7. The van der Waals surface area contributed by atoms with Crippen LogP contribution in [0.4, 0.5) is 5.13 Å². The zero-order valence-corrected chi connectivity index (χ0v) is 16.5. The normalized spacial score (nSPS) is 11.1. The smallest absolute Gasteiger partial charge is 0.263 e. The summed E-state index contributed by atoms with van der Waals surface area (Å²) in [6.07, 6.45) is 0. The third-order valence-electron chi connectivity index (χ3n) is 4.25. The summed E-state index contributed by atoms with van der Waals surface area (Å²) < 4.78 is 6.45. The predicted molar refractivity (Wildman–Crippen MR) is 109 cm³/mol. The van der Waals surface area contributed by atoms with Crippen LogP contribution in [-0.4, -0.2) is 16.0 Å². The minimum Gasteiger partial charge on any atom is -0.355 e. The summed E-state index contributed by atoms with van der Waals surface area (Å²) in [5, 5.41) is 8.01. The highest BCUT2D eigenvalue weighted by Crippen LogP contribution is 2.31. The van der Waals surface area contributed by atoms with Crippen molar-refractivity contribution in [3.8, 4) is 11.3 Å². The first-order valence-corrected chi connectivity index (χ1v) is 9.53. The highest BCUT2D eigenvalue weighted by molar-refractivity contribution is 7.22. The molecule has 0 aliphatic heterocycles. The van der Waals surface area contributed by atoms with Crippen molar-refractivity contribution >= 4 is 44.2 Å². The number of carbonyl (C=O) groups excluding carboxylic acids is 1. The maximum absolute atomic E-state index is 12.9. The molecule has 0 atom stereocenters. The third-order valence-corrected chi connectivity index (χ3v) is 5.42. The number of hydrogen-bond donors (Lipinski definition) is 1. The highest BCUT2D eigenvalue weighted by Gasteiger charge is 2.23. The van der Waals surface area contributed by atoms with E-state index in [1.54, 1.807) is 31.2 Å². The van der Waals surface area contributed by atoms with Crippen LogP contribution in [0.1, 0.15) is 27.2 Å². The molecule has 0 saturated carbocycles. The summed E-state index contributed by atoms with van der Waals surface area (Å²) in [5.74, 6) is 0.113. The van der Waals surface area contributed by atoms with Gasteiger partial charge in [-0.15, -0.1) is 0 Å². The van der Waals surface area contributed by atoms with Crippen molar-refractivity contribution in [2.75, 3.05) is 5.32 Å². The SMILES string of the molecule is Cc1cc(C)c2nc(NC(=O)c3c(C)noc3-c3ccc(Cl)cc3)sc2c1. The number of fused-ring (bicyclic) bond motifs is 1. The first-order chi connectivity index (χ1) is 12.9. The van der Waals surface area contributed by atoms with Crippen molar-refractivity contribution in [2.24, 2.45) is 0 Å². The van der Waals surface area contributed by atoms with Gasteiger partial charge in [0.2, 0.25) is 0 Å². The Labute approximate surface area is 165 Å². The van der Waals surface area contributed by atoms with E-state index in [0.29, 0.717) is 27.2 Å². The monoisotopic (exact) mass is 397 g/mol. The van der Waals surface area contributed by atoms with Crippen LogP contribution in [0.3, 0.4) is 0 Å². The van der Waals surface area contributed by atoms with Crippen LogP contribution in [0.15, 0.2) is 40.9 Å². The lowest BCUT2D eigenvalue weighted by atomic mass is 10.1. The molecule has 4 rings (SSSR count). The average Bonchev–Trinajstić information content (AvgIpc) is 3.19. The molecule has 2 aromatic carbocycles. The van der Waals surface area contributed by atoms with Crippen LogP contribution in [0.5, 0.6) is 0 Å². The number of halogens is 1. The second-order valence-electron chi connectivity index (χ2n) is 6.38. The lowest BCUT2D eigenvalue weighted by Gasteiger charge is -2.03. The Hall–Kier alpha value is -2.70. The van der Waals surface area contributed by atoms with Gasteiger partial charge in [0.1, 0.15) is 5.56 Å². The van der Waals surface area contributed by atoms with Crippen LogP contribution in [-0.2, 0) is 0 Å². The number of amides is 1. The molecule has 4 aromatic rings. The summed E-state index contributed by atoms with van der Waals surface area (Å²) in [4.78, 5) is 17.5. The number of nitrogens with one attached hydrogen (secondary N) is 1. The molecule has 0 radical (unpaired) electrons. The highest BCUT2D eigenvalue weighted by atomic mass is 35.5. The van der Waals surface area contributed by atoms with Gasteiger partial charge in [-0.3, -0.25) is 10.1 Å². The molecule has 0 saturated heterocycles. The molecule has 1 amide bonds. The Morgan fingerprint density at radius 3 is 2.63 bits per heavy atom. The molecule has 1 N–H and O–H groups in total. The Kier molecular flexibility index (Phi) is 4.45. The summed E-state index contributed by atoms with van der Waals surface area (Å²) in [5.41, 5.74) is 4.81. The number of rotatable bonds is 3. The molecule has 0 unspecified atom stereocenters. The number of hydrogen-bond acceptors (Lipinski definition) is 5. The number of aromatic nitrogens is 2. The quantitative estimate of drug-likeness (QED) is 0.475. The molecule has 7 heteroatoms. The molecular formula is C20H16ClN3O2S. The van der Waals surface area contributed by atoms with Gasteiger partial charge in [0.25, 0.3) is 5.91 Å². The zero-order valence-electron chi connectivity index (χ0n) is 15.0. The van der Waals surface area contributed by atoms with Gasteiger partial charge in [0.15, 0.2) is 10.9 Å². The molecule has 0 bridgehead atoms. The number of aryl methyl sites for hydroxylation is 3. The molecule has 0 spiro atoms. The van der Waals surface area contributed by atoms with Gasteiger partial charge in [-0.25, -0.2) is 4.98 Å². The number of carbonyl (C=O) groups is 1. The minimum absolute atomic E-state index is 0.299. The van der Waals surface area contributed by atoms with E-state index < -0.39 is 0 Å². The van der Waals surface area contributed by atoms with Crippen molar-refractivity contribution in [1.29, 1.82) is 0 Å². The van der Waals surface area contributed by atoms with E-state index >= 15 is 0 Å². The maximum atomic E-state index is 12.9. The fraction of sp³-hybridized carbons (Fsp3) is 0.150. The first-order valence-electron chi connectivity index (χ1n) is 8.33. The standard InChI is InChI=1S/C20H16ClN3O2S/c1-10-8-11(2)17-15(9-10)27-20(22-17)23-19(25)16-12(3)24-26-18(16)13-4-6-14(21)7-5-13/h4-9H,1-3H3,(H,22,23,25). The fourth-order valence-electron chi connectivity index (χ4n) is 3.02. The van der Waals surface area contributed by atoms with E-state index in [9.17, 15) is 4.79 Å². The van der Waals surface area contributed by atoms with E-state index in [1.165, 1.54) is 16.9 Å². The topological polar surface area (TPSA) is 68.0 Å². The van der Waals surface area contributed by atoms with Gasteiger partial charge in [0, 0.05) is 10.6 Å². The Morgan fingerprint density at radius 2 is 1.89 bits per heavy atom. The largest absolute Gasteiger partial charge is 0.355 e. The third kappa shape index (κ3) is 3.34. The lowest BCUT2D eigenvalue weighted by Crippen LogP contribution is -2.13. The van der Waals surface area contributed by atoms with E-state index in [4.69, 9.17) is 16.1 Å². The van der Waals surface area contributed by atoms with Gasteiger partial charge >= 0.3 is 0 Å².